The lowest BCUT2D eigenvalue weighted by molar-refractivity contribution is 0.0527. The largest absolute Gasteiger partial charge is 0.462 e. The molecule has 148 valence electrons. The molecule has 7 heteroatoms. The van der Waals surface area contributed by atoms with Gasteiger partial charge >= 0.3 is 5.97 Å². The lowest BCUT2D eigenvalue weighted by Gasteiger charge is -2.20. The first kappa shape index (κ1) is 21.2. The normalized spacial score (nSPS) is 10.2. The summed E-state index contributed by atoms with van der Waals surface area (Å²) >= 11 is 12.1. The minimum atomic E-state index is -0.703. The van der Waals surface area contributed by atoms with E-state index in [2.05, 4.69) is 6.07 Å². The topological polar surface area (TPSA) is 99.9 Å². The first-order valence-electron chi connectivity index (χ1n) is 8.91. The fourth-order valence-corrected chi connectivity index (χ4v) is 3.47. The molecule has 0 fully saturated rings. The van der Waals surface area contributed by atoms with Crippen molar-refractivity contribution in [2.24, 2.45) is 0 Å². The van der Waals surface area contributed by atoms with Crippen LogP contribution in [0, 0.1) is 22.7 Å². The van der Waals surface area contributed by atoms with Crippen LogP contribution in [0.5, 0.6) is 0 Å². The van der Waals surface area contributed by atoms with Crippen molar-refractivity contribution in [3.63, 3.8) is 0 Å². The average molecular weight is 436 g/mol. The van der Waals surface area contributed by atoms with Crippen molar-refractivity contribution >= 4 is 34.9 Å². The molecule has 5 nitrogen and oxygen atoms in total. The molecule has 0 aliphatic rings. The van der Waals surface area contributed by atoms with Gasteiger partial charge in [-0.2, -0.15) is 10.5 Å². The molecule has 3 rings (SSSR count). The summed E-state index contributed by atoms with van der Waals surface area (Å²) in [5.41, 5.74) is 8.07. The number of carbonyl (C=O) groups is 1. The van der Waals surface area contributed by atoms with E-state index in [1.54, 1.807) is 55.5 Å². The third-order valence-electron chi connectivity index (χ3n) is 4.51. The maximum absolute atomic E-state index is 12.9. The fourth-order valence-electron chi connectivity index (χ4n) is 3.22. The minimum absolute atomic E-state index is 0.00289. The summed E-state index contributed by atoms with van der Waals surface area (Å²) in [6, 6.07) is 17.6. The van der Waals surface area contributed by atoms with Crippen molar-refractivity contribution in [2.75, 3.05) is 12.3 Å². The van der Waals surface area contributed by atoms with Crippen LogP contribution in [0.25, 0.3) is 22.3 Å². The summed E-state index contributed by atoms with van der Waals surface area (Å²) in [7, 11) is 0. The Bertz CT molecular complexity index is 1210. The number of carbonyl (C=O) groups excluding carboxylic acids is 1. The van der Waals surface area contributed by atoms with Gasteiger partial charge in [-0.3, -0.25) is 0 Å². The van der Waals surface area contributed by atoms with Crippen molar-refractivity contribution in [1.29, 1.82) is 10.5 Å². The summed E-state index contributed by atoms with van der Waals surface area (Å²) in [6.07, 6.45) is 0. The highest BCUT2D eigenvalue weighted by Gasteiger charge is 2.29. The smallest absolute Gasteiger partial charge is 0.340 e. The number of benzene rings is 3. The Balaban J connectivity index is 2.55. The van der Waals surface area contributed by atoms with Crippen molar-refractivity contribution in [2.45, 2.75) is 6.92 Å². The fraction of sp³-hybridized carbons (Fsp3) is 0.0870. The number of nitrogens with two attached hydrogens (primary N) is 1. The molecule has 0 unspecified atom stereocenters. The number of hydrogen-bond donors (Lipinski definition) is 1. The highest BCUT2D eigenvalue weighted by molar-refractivity contribution is 6.31. The summed E-state index contributed by atoms with van der Waals surface area (Å²) in [5.74, 6) is -0.703. The number of nitrogen functional groups attached to an aromatic ring is 1. The van der Waals surface area contributed by atoms with Gasteiger partial charge in [0.1, 0.15) is 12.1 Å². The van der Waals surface area contributed by atoms with Crippen LogP contribution < -0.4 is 5.73 Å². The van der Waals surface area contributed by atoms with E-state index in [4.69, 9.17) is 33.7 Å². The molecule has 0 aliphatic heterocycles. The van der Waals surface area contributed by atoms with E-state index in [1.165, 1.54) is 0 Å². The van der Waals surface area contributed by atoms with Crippen LogP contribution in [0.15, 0.2) is 48.5 Å². The zero-order valence-electron chi connectivity index (χ0n) is 15.9. The number of anilines is 1. The number of hydrogen-bond acceptors (Lipinski definition) is 5. The maximum atomic E-state index is 12.9. The van der Waals surface area contributed by atoms with E-state index in [1.807, 2.05) is 6.07 Å². The molecule has 0 spiro atoms. The molecule has 0 aliphatic carbocycles. The molecule has 0 saturated carbocycles. The molecule has 2 N–H and O–H groups in total. The van der Waals surface area contributed by atoms with Crippen LogP contribution in [0.1, 0.15) is 28.4 Å². The van der Waals surface area contributed by atoms with Gasteiger partial charge in [0, 0.05) is 21.2 Å². The maximum Gasteiger partial charge on any atom is 0.340 e. The summed E-state index contributed by atoms with van der Waals surface area (Å²) < 4.78 is 5.22. The van der Waals surface area contributed by atoms with E-state index in [0.717, 1.165) is 0 Å². The van der Waals surface area contributed by atoms with E-state index < -0.39 is 5.97 Å². The van der Waals surface area contributed by atoms with E-state index in [9.17, 15) is 15.3 Å². The van der Waals surface area contributed by atoms with Crippen LogP contribution in [0.2, 0.25) is 10.0 Å². The van der Waals surface area contributed by atoms with Crippen LogP contribution in [-0.4, -0.2) is 12.6 Å². The molecule has 0 bridgehead atoms. The van der Waals surface area contributed by atoms with Gasteiger partial charge < -0.3 is 10.5 Å². The number of rotatable bonds is 4. The van der Waals surface area contributed by atoms with E-state index in [-0.39, 0.29) is 29.0 Å². The highest BCUT2D eigenvalue weighted by Crippen LogP contribution is 2.43. The molecule has 0 radical (unpaired) electrons. The first-order valence-corrected chi connectivity index (χ1v) is 9.67. The molecule has 3 aromatic rings. The van der Waals surface area contributed by atoms with Gasteiger partial charge in [-0.1, -0.05) is 47.5 Å². The first-order chi connectivity index (χ1) is 14.4. The summed E-state index contributed by atoms with van der Waals surface area (Å²) in [4.78, 5) is 12.9. The van der Waals surface area contributed by atoms with Gasteiger partial charge in [0.15, 0.2) is 0 Å². The van der Waals surface area contributed by atoms with Gasteiger partial charge in [0.25, 0.3) is 0 Å². The van der Waals surface area contributed by atoms with E-state index in [0.29, 0.717) is 32.3 Å². The standard InChI is InChI=1S/C23H15Cl2N3O2/c1-2-30-23(29)21-18(12-27)22(28)17(11-26)19(13-3-7-15(24)8-4-13)20(21)14-5-9-16(25)10-6-14/h3-10H,2,28H2,1H3. The number of esters is 1. The second kappa shape index (κ2) is 8.88. The lowest BCUT2D eigenvalue weighted by Crippen LogP contribution is -2.13. The van der Waals surface area contributed by atoms with Crippen molar-refractivity contribution in [3.05, 3.63) is 75.3 Å². The SMILES string of the molecule is CCOC(=O)c1c(C#N)c(N)c(C#N)c(-c2ccc(Cl)cc2)c1-c1ccc(Cl)cc1. The second-order valence-corrected chi connectivity index (χ2v) is 7.12. The molecule has 0 heterocycles. The van der Waals surface area contributed by atoms with Crippen LogP contribution >= 0.6 is 23.2 Å². The van der Waals surface area contributed by atoms with Gasteiger partial charge in [-0.25, -0.2) is 4.79 Å². The second-order valence-electron chi connectivity index (χ2n) is 6.25. The Kier molecular flexibility index (Phi) is 6.28. The van der Waals surface area contributed by atoms with Gasteiger partial charge in [-0.15, -0.1) is 0 Å². The van der Waals surface area contributed by atoms with Crippen LogP contribution in [0.4, 0.5) is 5.69 Å². The van der Waals surface area contributed by atoms with Crippen molar-refractivity contribution in [1.82, 2.24) is 0 Å². The number of nitriles is 2. The highest BCUT2D eigenvalue weighted by atomic mass is 35.5. The zero-order chi connectivity index (χ0) is 21.8. The average Bonchev–Trinajstić information content (AvgIpc) is 2.74. The van der Waals surface area contributed by atoms with Gasteiger partial charge in [0.2, 0.25) is 0 Å². The van der Waals surface area contributed by atoms with Gasteiger partial charge in [0.05, 0.1) is 29.0 Å². The Morgan fingerprint density at radius 1 is 0.900 bits per heavy atom. The number of ether oxygens (including phenoxy) is 1. The quantitative estimate of drug-likeness (QED) is 0.410. The zero-order valence-corrected chi connectivity index (χ0v) is 17.4. The van der Waals surface area contributed by atoms with Gasteiger partial charge in [-0.05, 0) is 42.3 Å². The van der Waals surface area contributed by atoms with Crippen LogP contribution in [0.3, 0.4) is 0 Å². The minimum Gasteiger partial charge on any atom is -0.462 e. The third-order valence-corrected chi connectivity index (χ3v) is 5.01. The molecule has 30 heavy (non-hydrogen) atoms. The Hall–Kier alpha value is -3.51. The molecular weight excluding hydrogens is 421 g/mol. The predicted molar refractivity (Wildman–Crippen MR) is 117 cm³/mol. The molecule has 0 aromatic heterocycles. The summed E-state index contributed by atoms with van der Waals surface area (Å²) in [6.45, 7) is 1.78. The Morgan fingerprint density at radius 3 is 1.80 bits per heavy atom. The monoisotopic (exact) mass is 435 g/mol. The molecule has 0 atom stereocenters. The predicted octanol–water partition coefficient (Wildman–Crippen LogP) is 5.83. The summed E-state index contributed by atoms with van der Waals surface area (Å²) in [5, 5.41) is 20.7. The third kappa shape index (κ3) is 3.82. The molecule has 0 saturated heterocycles. The van der Waals surface area contributed by atoms with E-state index >= 15 is 0 Å². The van der Waals surface area contributed by atoms with Crippen LogP contribution in [-0.2, 0) is 4.74 Å². The Morgan fingerprint density at radius 2 is 1.37 bits per heavy atom. The van der Waals surface area contributed by atoms with Crippen molar-refractivity contribution in [3.8, 4) is 34.4 Å². The molecule has 3 aromatic carbocycles. The van der Waals surface area contributed by atoms with Crippen molar-refractivity contribution < 1.29 is 9.53 Å². The molecule has 0 amide bonds. The lowest BCUT2D eigenvalue weighted by atomic mass is 9.83. The Labute approximate surface area is 183 Å². The number of nitrogens with zero attached hydrogens (tertiary/aromatic N) is 2. The number of halogens is 2. The molecular formula is C23H15Cl2N3O2.